The maximum atomic E-state index is 11.5. The summed E-state index contributed by atoms with van der Waals surface area (Å²) in [5.74, 6) is -1.11. The largest absolute Gasteiger partial charge is 0.480 e. The Kier molecular flexibility index (Phi) is 3.34. The van der Waals surface area contributed by atoms with Crippen molar-refractivity contribution in [1.82, 2.24) is 5.32 Å². The molecular weight excluding hydrogens is 196 g/mol. The fourth-order valence-electron chi connectivity index (χ4n) is 1.36. The summed E-state index contributed by atoms with van der Waals surface area (Å²) in [6, 6.07) is -0.821. The molecule has 0 unspecified atom stereocenters. The highest BCUT2D eigenvalue weighted by Gasteiger charge is 2.46. The average Bonchev–Trinajstić information content (AvgIpc) is 2.82. The first kappa shape index (κ1) is 12.0. The van der Waals surface area contributed by atoms with E-state index in [0.717, 1.165) is 0 Å². The second-order valence-corrected chi connectivity index (χ2v) is 4.65. The minimum atomic E-state index is -0.999. The van der Waals surface area contributed by atoms with Gasteiger partial charge in [-0.25, -0.2) is 4.79 Å². The van der Waals surface area contributed by atoms with Crippen LogP contribution >= 0.6 is 0 Å². The van der Waals surface area contributed by atoms with Crippen LogP contribution in [0.15, 0.2) is 0 Å². The van der Waals surface area contributed by atoms with Crippen molar-refractivity contribution in [3.63, 3.8) is 0 Å². The molecule has 0 radical (unpaired) electrons. The zero-order valence-corrected chi connectivity index (χ0v) is 9.12. The fraction of sp³-hybridized carbons (Fsp3) is 0.800. The number of carboxylic acid groups (broad SMARTS) is 1. The fourth-order valence-corrected chi connectivity index (χ4v) is 1.36. The molecule has 0 heterocycles. The van der Waals surface area contributed by atoms with Crippen LogP contribution in [0, 0.1) is 5.92 Å². The molecule has 0 bridgehead atoms. The Hall–Kier alpha value is -1.10. The monoisotopic (exact) mass is 214 g/mol. The lowest BCUT2D eigenvalue weighted by molar-refractivity contribution is -0.142. The summed E-state index contributed by atoms with van der Waals surface area (Å²) in [7, 11) is 0. The summed E-state index contributed by atoms with van der Waals surface area (Å²) in [6.45, 7) is 3.83. The van der Waals surface area contributed by atoms with Gasteiger partial charge >= 0.3 is 5.97 Å². The van der Waals surface area contributed by atoms with Crippen LogP contribution in [0.2, 0.25) is 0 Å². The van der Waals surface area contributed by atoms with Gasteiger partial charge in [0.15, 0.2) is 0 Å². The van der Waals surface area contributed by atoms with Crippen LogP contribution in [0.4, 0.5) is 0 Å². The molecule has 1 rings (SSSR count). The van der Waals surface area contributed by atoms with Gasteiger partial charge in [-0.2, -0.15) is 0 Å². The Morgan fingerprint density at radius 1 is 1.47 bits per heavy atom. The topological polar surface area (TPSA) is 92.4 Å². The Balaban J connectivity index is 2.51. The van der Waals surface area contributed by atoms with Crippen molar-refractivity contribution in [3.8, 4) is 0 Å². The van der Waals surface area contributed by atoms with Crippen LogP contribution in [-0.2, 0) is 9.59 Å². The molecule has 1 fully saturated rings. The van der Waals surface area contributed by atoms with Crippen LogP contribution in [0.25, 0.3) is 0 Å². The van der Waals surface area contributed by atoms with E-state index in [2.05, 4.69) is 5.32 Å². The first-order valence-corrected chi connectivity index (χ1v) is 5.18. The first-order chi connectivity index (χ1) is 6.85. The number of hydrogen-bond acceptors (Lipinski definition) is 3. The highest BCUT2D eigenvalue weighted by molar-refractivity contribution is 5.92. The number of nitrogens with one attached hydrogen (secondary N) is 1. The van der Waals surface area contributed by atoms with Gasteiger partial charge in [-0.05, 0) is 25.2 Å². The molecule has 0 spiro atoms. The molecular formula is C10H18N2O3. The maximum absolute atomic E-state index is 11.5. The highest BCUT2D eigenvalue weighted by atomic mass is 16.4. The third-order valence-electron chi connectivity index (χ3n) is 2.55. The van der Waals surface area contributed by atoms with E-state index in [-0.39, 0.29) is 11.8 Å². The van der Waals surface area contributed by atoms with Crippen LogP contribution in [0.3, 0.4) is 0 Å². The van der Waals surface area contributed by atoms with E-state index in [9.17, 15) is 9.59 Å². The lowest BCUT2D eigenvalue weighted by atomic mass is 10.0. The molecule has 1 amide bonds. The quantitative estimate of drug-likeness (QED) is 0.605. The van der Waals surface area contributed by atoms with Gasteiger partial charge in [0.05, 0.1) is 5.54 Å². The lowest BCUT2D eigenvalue weighted by Crippen LogP contribution is -2.50. The van der Waals surface area contributed by atoms with Gasteiger partial charge in [-0.15, -0.1) is 0 Å². The van der Waals surface area contributed by atoms with E-state index < -0.39 is 17.6 Å². The molecule has 1 aliphatic rings. The molecule has 5 nitrogen and oxygen atoms in total. The van der Waals surface area contributed by atoms with Crippen LogP contribution in [-0.4, -0.2) is 28.6 Å². The summed E-state index contributed by atoms with van der Waals surface area (Å²) in [5, 5.41) is 11.4. The van der Waals surface area contributed by atoms with Gasteiger partial charge in [-0.1, -0.05) is 13.8 Å². The zero-order chi connectivity index (χ0) is 11.6. The van der Waals surface area contributed by atoms with E-state index >= 15 is 0 Å². The normalized spacial score (nSPS) is 19.7. The van der Waals surface area contributed by atoms with Crippen molar-refractivity contribution in [2.24, 2.45) is 11.7 Å². The number of hydrogen-bond donors (Lipinski definition) is 3. The minimum Gasteiger partial charge on any atom is -0.480 e. The predicted molar refractivity (Wildman–Crippen MR) is 55.2 cm³/mol. The number of amides is 1. The number of aliphatic carboxylic acids is 1. The van der Waals surface area contributed by atoms with Crippen LogP contribution < -0.4 is 11.1 Å². The van der Waals surface area contributed by atoms with Crippen molar-refractivity contribution in [2.45, 2.75) is 44.7 Å². The third-order valence-corrected chi connectivity index (χ3v) is 2.55. The number of nitrogens with two attached hydrogens (primary N) is 1. The van der Waals surface area contributed by atoms with E-state index in [1.165, 1.54) is 0 Å². The summed E-state index contributed by atoms with van der Waals surface area (Å²) in [5.41, 5.74) is 4.86. The van der Waals surface area contributed by atoms with Crippen molar-refractivity contribution >= 4 is 11.9 Å². The first-order valence-electron chi connectivity index (χ1n) is 5.18. The summed E-state index contributed by atoms with van der Waals surface area (Å²) >= 11 is 0. The second kappa shape index (κ2) is 4.18. The van der Waals surface area contributed by atoms with Gasteiger partial charge < -0.3 is 16.2 Å². The molecule has 0 aliphatic heterocycles. The molecule has 86 valence electrons. The van der Waals surface area contributed by atoms with Crippen molar-refractivity contribution < 1.29 is 14.7 Å². The average molecular weight is 214 g/mol. The molecule has 0 aromatic heterocycles. The van der Waals surface area contributed by atoms with Crippen molar-refractivity contribution in [1.29, 1.82) is 0 Å². The Morgan fingerprint density at radius 3 is 2.33 bits per heavy atom. The van der Waals surface area contributed by atoms with E-state index in [1.54, 1.807) is 0 Å². The van der Waals surface area contributed by atoms with Crippen LogP contribution in [0.1, 0.15) is 33.1 Å². The molecule has 1 saturated carbocycles. The Labute approximate surface area is 89.0 Å². The number of carbonyl (C=O) groups is 2. The Bertz CT molecular complexity index is 272. The highest BCUT2D eigenvalue weighted by Crippen LogP contribution is 2.32. The van der Waals surface area contributed by atoms with Crippen molar-refractivity contribution in [2.75, 3.05) is 0 Å². The van der Waals surface area contributed by atoms with E-state index in [0.29, 0.717) is 19.3 Å². The zero-order valence-electron chi connectivity index (χ0n) is 9.12. The molecule has 5 heteroatoms. The summed E-state index contributed by atoms with van der Waals surface area (Å²) in [6.07, 6.45) is 1.72. The maximum Gasteiger partial charge on any atom is 0.326 e. The predicted octanol–water partition coefficient (Wildman–Crippen LogP) is 0.0932. The number of carbonyl (C=O) groups excluding carboxylic acids is 1. The Morgan fingerprint density at radius 2 is 2.00 bits per heavy atom. The number of carboxylic acids is 1. The second-order valence-electron chi connectivity index (χ2n) is 4.65. The SMILES string of the molecule is CC(C)C[C@H](NC(=O)C1(N)CC1)C(=O)O. The van der Waals surface area contributed by atoms with Crippen LogP contribution in [0.5, 0.6) is 0 Å². The van der Waals surface area contributed by atoms with Gasteiger partial charge in [0, 0.05) is 0 Å². The molecule has 15 heavy (non-hydrogen) atoms. The molecule has 0 aromatic carbocycles. The van der Waals surface area contributed by atoms with Gasteiger partial charge in [-0.3, -0.25) is 4.79 Å². The molecule has 1 atom stereocenters. The van der Waals surface area contributed by atoms with E-state index in [1.807, 2.05) is 13.8 Å². The van der Waals surface area contributed by atoms with Gasteiger partial charge in [0.1, 0.15) is 6.04 Å². The lowest BCUT2D eigenvalue weighted by Gasteiger charge is -2.18. The van der Waals surface area contributed by atoms with Gasteiger partial charge in [0.25, 0.3) is 0 Å². The van der Waals surface area contributed by atoms with Crippen molar-refractivity contribution in [3.05, 3.63) is 0 Å². The number of rotatable bonds is 5. The third kappa shape index (κ3) is 3.20. The molecule has 1 aliphatic carbocycles. The molecule has 4 N–H and O–H groups in total. The molecule has 0 aromatic rings. The minimum absolute atomic E-state index is 0.222. The van der Waals surface area contributed by atoms with E-state index in [4.69, 9.17) is 10.8 Å². The molecule has 0 saturated heterocycles. The van der Waals surface area contributed by atoms with Gasteiger partial charge in [0.2, 0.25) is 5.91 Å². The summed E-state index contributed by atoms with van der Waals surface area (Å²) < 4.78 is 0. The smallest absolute Gasteiger partial charge is 0.326 e. The summed E-state index contributed by atoms with van der Waals surface area (Å²) in [4.78, 5) is 22.4. The standard InChI is InChI=1S/C10H18N2O3/c1-6(2)5-7(8(13)14)12-9(15)10(11)3-4-10/h6-7H,3-5,11H2,1-2H3,(H,12,15)(H,13,14)/t7-/m0/s1.